The van der Waals surface area contributed by atoms with Crippen molar-refractivity contribution in [3.63, 3.8) is 0 Å². The topological polar surface area (TPSA) is 0 Å². The van der Waals surface area contributed by atoms with Crippen molar-refractivity contribution in [2.45, 2.75) is 0 Å². The first kappa shape index (κ1) is 29.8. The maximum atomic E-state index is 15.3. The molecule has 0 aromatic heterocycles. The van der Waals surface area contributed by atoms with Crippen LogP contribution in [0.1, 0.15) is 0 Å². The number of hydrogen-bond acceptors (Lipinski definition) is 0. The van der Waals surface area contributed by atoms with Gasteiger partial charge in [0, 0.05) is 0 Å². The Hall–Kier alpha value is -6.26. The summed E-state index contributed by atoms with van der Waals surface area (Å²) < 4.78 is 61.0. The summed E-state index contributed by atoms with van der Waals surface area (Å²) in [6, 6.07) is 48.1. The van der Waals surface area contributed by atoms with E-state index in [1.54, 1.807) is 0 Å². The molecule has 0 amide bonds. The normalized spacial score (nSPS) is 11.6. The summed E-state index contributed by atoms with van der Waals surface area (Å²) >= 11 is 0. The number of hydrogen-bond donors (Lipinski definition) is 0. The van der Waals surface area contributed by atoms with E-state index < -0.39 is 23.3 Å². The third-order valence-corrected chi connectivity index (χ3v) is 9.68. The van der Waals surface area contributed by atoms with Gasteiger partial charge in [0.25, 0.3) is 0 Å². The monoisotopic (exact) mass is 654 g/mol. The first-order valence-electron chi connectivity index (χ1n) is 16.4. The lowest BCUT2D eigenvalue weighted by atomic mass is 9.81. The summed E-state index contributed by atoms with van der Waals surface area (Å²) in [7, 11) is 0. The van der Waals surface area contributed by atoms with E-state index in [1.807, 2.05) is 121 Å². The third kappa shape index (κ3) is 4.67. The summed E-state index contributed by atoms with van der Waals surface area (Å²) in [4.78, 5) is 0. The van der Waals surface area contributed by atoms with Crippen molar-refractivity contribution >= 4 is 43.1 Å². The number of rotatable bonds is 4. The van der Waals surface area contributed by atoms with E-state index >= 15 is 17.6 Å². The molecule has 0 N–H and O–H groups in total. The molecule has 0 saturated carbocycles. The number of fused-ring (bicyclic) bond motifs is 4. The van der Waals surface area contributed by atoms with Gasteiger partial charge in [0.1, 0.15) is 0 Å². The van der Waals surface area contributed by atoms with Crippen molar-refractivity contribution in [1.82, 2.24) is 0 Å². The van der Waals surface area contributed by atoms with E-state index in [9.17, 15) is 0 Å². The molecule has 0 atom stereocenters. The van der Waals surface area contributed by atoms with E-state index in [-0.39, 0.29) is 0 Å². The average Bonchev–Trinajstić information content (AvgIpc) is 3.15. The molecule has 0 unspecified atom stereocenters. The molecular formula is C46H26F4. The van der Waals surface area contributed by atoms with Crippen LogP contribution >= 0.6 is 0 Å². The molecule has 0 fully saturated rings. The lowest BCUT2D eigenvalue weighted by Gasteiger charge is -2.22. The van der Waals surface area contributed by atoms with Gasteiger partial charge in [-0.25, -0.2) is 17.6 Å². The second kappa shape index (κ2) is 11.7. The Kier molecular flexibility index (Phi) is 6.99. The fourth-order valence-electron chi connectivity index (χ4n) is 7.59. The van der Waals surface area contributed by atoms with Crippen molar-refractivity contribution in [2.24, 2.45) is 0 Å². The zero-order valence-electron chi connectivity index (χ0n) is 26.5. The highest BCUT2D eigenvalue weighted by molar-refractivity contribution is 6.29. The summed E-state index contributed by atoms with van der Waals surface area (Å²) in [5.41, 5.74) is 6.36. The second-order valence-electron chi connectivity index (χ2n) is 12.5. The Morgan fingerprint density at radius 1 is 0.220 bits per heavy atom. The minimum Gasteiger partial charge on any atom is -0.204 e. The zero-order chi connectivity index (χ0) is 33.9. The maximum Gasteiger partial charge on any atom is 0.159 e. The van der Waals surface area contributed by atoms with Crippen LogP contribution in [-0.2, 0) is 0 Å². The smallest absolute Gasteiger partial charge is 0.159 e. The van der Waals surface area contributed by atoms with Gasteiger partial charge >= 0.3 is 0 Å². The highest BCUT2D eigenvalue weighted by atomic mass is 19.2. The van der Waals surface area contributed by atoms with E-state index in [0.29, 0.717) is 21.5 Å². The lowest BCUT2D eigenvalue weighted by Crippen LogP contribution is -1.97. The molecule has 0 aliphatic carbocycles. The quantitative estimate of drug-likeness (QED) is 0.131. The molecule has 9 aromatic carbocycles. The molecule has 0 nitrogen and oxygen atoms in total. The second-order valence-corrected chi connectivity index (χ2v) is 12.5. The summed E-state index contributed by atoms with van der Waals surface area (Å²) in [5, 5.41) is 5.55. The fourth-order valence-corrected chi connectivity index (χ4v) is 7.59. The minimum absolute atomic E-state index is 0.569. The Balaban J connectivity index is 1.61. The summed E-state index contributed by atoms with van der Waals surface area (Å²) in [6.07, 6.45) is 0. The molecule has 0 spiro atoms. The average molecular weight is 655 g/mol. The standard InChI is InChI=1S/C46H26F4/c47-39-23-35-36(24-40(39)48)44(28-15-7-2-8-16-28)32-22-34-33(21-31(32)43(35)27-13-5-1-6-14-27)45(29-17-9-3-10-18-29)37-25-41(49)42(50)26-38(37)46(34)30-19-11-4-12-20-30/h1-26H. The van der Waals surface area contributed by atoms with E-state index in [2.05, 4.69) is 12.1 Å². The summed E-state index contributed by atoms with van der Waals surface area (Å²) in [5.74, 6) is -3.75. The van der Waals surface area contributed by atoms with Crippen LogP contribution < -0.4 is 0 Å². The van der Waals surface area contributed by atoms with Crippen LogP contribution in [0.5, 0.6) is 0 Å². The molecule has 0 bridgehead atoms. The van der Waals surface area contributed by atoms with Crippen LogP contribution in [0.2, 0.25) is 0 Å². The Morgan fingerprint density at radius 3 is 0.600 bits per heavy atom. The molecule has 4 heteroatoms. The van der Waals surface area contributed by atoms with Crippen LogP contribution in [0.15, 0.2) is 158 Å². The van der Waals surface area contributed by atoms with Gasteiger partial charge < -0.3 is 0 Å². The lowest BCUT2D eigenvalue weighted by molar-refractivity contribution is 0.511. The predicted molar refractivity (Wildman–Crippen MR) is 198 cm³/mol. The molecule has 0 radical (unpaired) electrons. The van der Waals surface area contributed by atoms with Crippen molar-refractivity contribution in [1.29, 1.82) is 0 Å². The van der Waals surface area contributed by atoms with Gasteiger partial charge in [-0.05, 0) is 124 Å². The van der Waals surface area contributed by atoms with Crippen molar-refractivity contribution < 1.29 is 17.6 Å². The van der Waals surface area contributed by atoms with E-state index in [4.69, 9.17) is 0 Å². The molecule has 0 saturated heterocycles. The molecule has 0 heterocycles. The number of halogens is 4. The fraction of sp³-hybridized carbons (Fsp3) is 0. The van der Waals surface area contributed by atoms with Crippen LogP contribution in [-0.4, -0.2) is 0 Å². The third-order valence-electron chi connectivity index (χ3n) is 9.68. The first-order chi connectivity index (χ1) is 24.5. The van der Waals surface area contributed by atoms with E-state index in [0.717, 1.165) is 66.1 Å². The molecule has 238 valence electrons. The Labute approximate surface area is 285 Å². The van der Waals surface area contributed by atoms with Crippen LogP contribution in [0.4, 0.5) is 17.6 Å². The van der Waals surface area contributed by atoms with Gasteiger partial charge in [-0.1, -0.05) is 121 Å². The van der Waals surface area contributed by atoms with Crippen LogP contribution in [0.3, 0.4) is 0 Å². The van der Waals surface area contributed by atoms with Gasteiger partial charge in [0.05, 0.1) is 0 Å². The van der Waals surface area contributed by atoms with Gasteiger partial charge in [-0.3, -0.25) is 0 Å². The van der Waals surface area contributed by atoms with Crippen molar-refractivity contribution in [2.75, 3.05) is 0 Å². The molecule has 50 heavy (non-hydrogen) atoms. The van der Waals surface area contributed by atoms with Gasteiger partial charge in [-0.15, -0.1) is 0 Å². The predicted octanol–water partition coefficient (Wildman–Crippen LogP) is 13.5. The van der Waals surface area contributed by atoms with Gasteiger partial charge in [-0.2, -0.15) is 0 Å². The Bertz CT molecular complexity index is 2380. The van der Waals surface area contributed by atoms with Gasteiger partial charge in [0.2, 0.25) is 0 Å². The molecule has 0 aliphatic heterocycles. The molecular weight excluding hydrogens is 628 g/mol. The molecule has 9 rings (SSSR count). The number of benzene rings is 9. The van der Waals surface area contributed by atoms with E-state index in [1.165, 1.54) is 24.3 Å². The maximum absolute atomic E-state index is 15.3. The van der Waals surface area contributed by atoms with Gasteiger partial charge in [0.15, 0.2) is 23.3 Å². The van der Waals surface area contributed by atoms with Crippen LogP contribution in [0.25, 0.3) is 87.6 Å². The van der Waals surface area contributed by atoms with Crippen LogP contribution in [0, 0.1) is 23.3 Å². The highest BCUT2D eigenvalue weighted by Gasteiger charge is 2.24. The molecule has 9 aromatic rings. The molecule has 0 aliphatic rings. The summed E-state index contributed by atoms with van der Waals surface area (Å²) in [6.45, 7) is 0. The van der Waals surface area contributed by atoms with Crippen molar-refractivity contribution in [3.8, 4) is 44.5 Å². The zero-order valence-corrected chi connectivity index (χ0v) is 26.5. The first-order valence-corrected chi connectivity index (χ1v) is 16.4. The largest absolute Gasteiger partial charge is 0.204 e. The van der Waals surface area contributed by atoms with Crippen molar-refractivity contribution in [3.05, 3.63) is 181 Å². The minimum atomic E-state index is -0.936. The highest BCUT2D eigenvalue weighted by Crippen LogP contribution is 2.50. The SMILES string of the molecule is Fc1cc2c(-c3ccccc3)c3cc4c(-c5ccccc5)c5cc(F)c(F)cc5c(-c5ccccc5)c4cc3c(-c3ccccc3)c2cc1F. The Morgan fingerprint density at radius 2 is 0.400 bits per heavy atom.